The molecule has 3 aromatic carbocycles. The number of rotatable bonds is 7. The summed E-state index contributed by atoms with van der Waals surface area (Å²) >= 11 is 0. The summed E-state index contributed by atoms with van der Waals surface area (Å²) in [5.41, 5.74) is 4.48. The van der Waals surface area contributed by atoms with Gasteiger partial charge in [-0.2, -0.15) is 4.98 Å². The van der Waals surface area contributed by atoms with Gasteiger partial charge in [0.05, 0.1) is 14.2 Å². The number of benzene rings is 3. The fourth-order valence-electron chi connectivity index (χ4n) is 5.01. The summed E-state index contributed by atoms with van der Waals surface area (Å²) in [5, 5.41) is 8.26. The van der Waals surface area contributed by atoms with Gasteiger partial charge in [-0.05, 0) is 48.2 Å². The molecule has 0 bridgehead atoms. The van der Waals surface area contributed by atoms with Crippen molar-refractivity contribution in [1.82, 2.24) is 14.8 Å². The van der Waals surface area contributed by atoms with Crippen molar-refractivity contribution in [3.8, 4) is 28.6 Å². The predicted molar refractivity (Wildman–Crippen MR) is 143 cm³/mol. The molecule has 1 aliphatic carbocycles. The van der Waals surface area contributed by atoms with Gasteiger partial charge in [-0.3, -0.25) is 4.79 Å². The molecule has 0 amide bonds. The monoisotopic (exact) mass is 508 g/mol. The van der Waals surface area contributed by atoms with Crippen LogP contribution in [0.1, 0.15) is 36.4 Å². The molecule has 1 N–H and O–H groups in total. The summed E-state index contributed by atoms with van der Waals surface area (Å²) in [4.78, 5) is 18.0. The number of nitrogens with zero attached hydrogens (tertiary/aromatic N) is 3. The Bertz CT molecular complexity index is 1490. The molecule has 8 heteroatoms. The van der Waals surface area contributed by atoms with Crippen LogP contribution in [-0.4, -0.2) is 34.8 Å². The second-order valence-electron chi connectivity index (χ2n) is 9.34. The van der Waals surface area contributed by atoms with Crippen LogP contribution in [0.2, 0.25) is 0 Å². The van der Waals surface area contributed by atoms with Gasteiger partial charge < -0.3 is 19.5 Å². The molecule has 0 fully saturated rings. The third-order valence-electron chi connectivity index (χ3n) is 6.92. The average Bonchev–Trinajstić information content (AvgIpc) is 3.39. The SMILES string of the molecule is COc1cc(OC)cc(-c2nc3n(n2)C(c2ccc(OCc4ccccc4)cc2)C2=C(CCCC2=O)N3)c1. The van der Waals surface area contributed by atoms with E-state index in [-0.39, 0.29) is 11.8 Å². The summed E-state index contributed by atoms with van der Waals surface area (Å²) < 4.78 is 18.7. The zero-order valence-corrected chi connectivity index (χ0v) is 21.3. The molecule has 4 aromatic rings. The van der Waals surface area contributed by atoms with Gasteiger partial charge in [0.2, 0.25) is 5.95 Å². The van der Waals surface area contributed by atoms with E-state index in [9.17, 15) is 4.79 Å². The molecule has 8 nitrogen and oxygen atoms in total. The Balaban J connectivity index is 1.36. The maximum atomic E-state index is 13.2. The molecular weight excluding hydrogens is 480 g/mol. The van der Waals surface area contributed by atoms with Gasteiger partial charge >= 0.3 is 0 Å². The van der Waals surface area contributed by atoms with Crippen molar-refractivity contribution in [3.05, 3.63) is 95.2 Å². The lowest BCUT2D eigenvalue weighted by Crippen LogP contribution is -2.31. The minimum atomic E-state index is -0.383. The Morgan fingerprint density at radius 1 is 0.921 bits per heavy atom. The third kappa shape index (κ3) is 4.49. The fraction of sp³-hybridized carbons (Fsp3) is 0.233. The van der Waals surface area contributed by atoms with Crippen LogP contribution < -0.4 is 19.5 Å². The van der Waals surface area contributed by atoms with Gasteiger partial charge in [-0.15, -0.1) is 5.10 Å². The van der Waals surface area contributed by atoms with E-state index in [2.05, 4.69) is 5.32 Å². The number of hydrogen-bond acceptors (Lipinski definition) is 7. The number of fused-ring (bicyclic) bond motifs is 1. The summed E-state index contributed by atoms with van der Waals surface area (Å²) in [6.07, 6.45) is 2.14. The van der Waals surface area contributed by atoms with Gasteiger partial charge in [0.15, 0.2) is 11.6 Å². The smallest absolute Gasteiger partial charge is 0.226 e. The molecule has 2 heterocycles. The van der Waals surface area contributed by atoms with Crippen molar-refractivity contribution < 1.29 is 19.0 Å². The van der Waals surface area contributed by atoms with E-state index in [0.29, 0.717) is 36.3 Å². The van der Waals surface area contributed by atoms with E-state index in [4.69, 9.17) is 24.3 Å². The molecule has 2 aliphatic rings. The molecule has 38 heavy (non-hydrogen) atoms. The molecule has 0 saturated carbocycles. The van der Waals surface area contributed by atoms with Crippen LogP contribution in [0.15, 0.2) is 84.1 Å². The second-order valence-corrected chi connectivity index (χ2v) is 9.34. The summed E-state index contributed by atoms with van der Waals surface area (Å²) in [6, 6.07) is 23.1. The second kappa shape index (κ2) is 10.0. The molecular formula is C30H28N4O4. The van der Waals surface area contributed by atoms with E-state index >= 15 is 0 Å². The van der Waals surface area contributed by atoms with Gasteiger partial charge in [0.25, 0.3) is 0 Å². The Morgan fingerprint density at radius 3 is 2.37 bits per heavy atom. The van der Waals surface area contributed by atoms with Crippen LogP contribution in [0, 0.1) is 0 Å². The Kier molecular flexibility index (Phi) is 6.29. The van der Waals surface area contributed by atoms with Crippen molar-refractivity contribution in [1.29, 1.82) is 0 Å². The number of allylic oxidation sites excluding steroid dienone is 2. The molecule has 1 aliphatic heterocycles. The van der Waals surface area contributed by atoms with Gasteiger partial charge in [-0.25, -0.2) is 4.68 Å². The number of methoxy groups -OCH3 is 2. The van der Waals surface area contributed by atoms with E-state index in [1.807, 2.05) is 71.4 Å². The minimum absolute atomic E-state index is 0.138. The van der Waals surface area contributed by atoms with E-state index in [0.717, 1.165) is 46.6 Å². The number of aromatic nitrogens is 3. The number of carbonyl (C=O) groups excluding carboxylic acids is 1. The molecule has 1 atom stereocenters. The van der Waals surface area contributed by atoms with E-state index in [1.165, 1.54) is 0 Å². The average molecular weight is 509 g/mol. The molecule has 6 rings (SSSR count). The first-order valence-corrected chi connectivity index (χ1v) is 12.6. The van der Waals surface area contributed by atoms with Crippen LogP contribution in [0.3, 0.4) is 0 Å². The molecule has 1 aromatic heterocycles. The molecule has 0 radical (unpaired) electrons. The maximum absolute atomic E-state index is 13.2. The summed E-state index contributed by atoms with van der Waals surface area (Å²) in [5.74, 6) is 3.32. The Morgan fingerprint density at radius 2 is 1.66 bits per heavy atom. The molecule has 0 spiro atoms. The first kappa shape index (κ1) is 23.8. The predicted octanol–water partition coefficient (Wildman–Crippen LogP) is 5.56. The van der Waals surface area contributed by atoms with Gasteiger partial charge in [0.1, 0.15) is 29.9 Å². The molecule has 192 valence electrons. The number of anilines is 1. The van der Waals surface area contributed by atoms with Crippen molar-refractivity contribution in [3.63, 3.8) is 0 Å². The highest BCUT2D eigenvalue weighted by atomic mass is 16.5. The van der Waals surface area contributed by atoms with Gasteiger partial charge in [0, 0.05) is 29.3 Å². The fourth-order valence-corrected chi connectivity index (χ4v) is 5.01. The number of carbonyl (C=O) groups is 1. The van der Waals surface area contributed by atoms with Crippen molar-refractivity contribution in [2.24, 2.45) is 0 Å². The number of ketones is 1. The van der Waals surface area contributed by atoms with Crippen LogP contribution in [0.5, 0.6) is 17.2 Å². The lowest BCUT2D eigenvalue weighted by Gasteiger charge is -2.32. The quantitative estimate of drug-likeness (QED) is 0.350. The highest BCUT2D eigenvalue weighted by molar-refractivity contribution is 5.99. The van der Waals surface area contributed by atoms with Crippen LogP contribution in [0.25, 0.3) is 11.4 Å². The summed E-state index contributed by atoms with van der Waals surface area (Å²) in [6.45, 7) is 0.488. The lowest BCUT2D eigenvalue weighted by molar-refractivity contribution is -0.116. The molecule has 0 saturated heterocycles. The number of Topliss-reactive ketones (excluding diaryl/α,β-unsaturated/α-hetero) is 1. The van der Waals surface area contributed by atoms with Crippen molar-refractivity contribution >= 4 is 11.7 Å². The number of hydrogen-bond donors (Lipinski definition) is 1. The van der Waals surface area contributed by atoms with E-state index in [1.54, 1.807) is 20.3 Å². The lowest BCUT2D eigenvalue weighted by atomic mass is 9.85. The van der Waals surface area contributed by atoms with E-state index < -0.39 is 0 Å². The minimum Gasteiger partial charge on any atom is -0.497 e. The first-order valence-electron chi connectivity index (χ1n) is 12.6. The normalized spacial score (nSPS) is 16.4. The number of nitrogens with one attached hydrogen (secondary N) is 1. The third-order valence-corrected chi connectivity index (χ3v) is 6.92. The zero-order chi connectivity index (χ0) is 26.1. The standard InChI is InChI=1S/C30H28N4O4/c1-36-23-15-21(16-24(17-23)37-2)29-32-30-31-25-9-6-10-26(35)27(25)28(34(30)33-29)20-11-13-22(14-12-20)38-18-19-7-4-3-5-8-19/h3-5,7-8,11-17,28H,6,9-10,18H2,1-2H3,(H,31,32,33). The number of ether oxygens (including phenoxy) is 3. The Labute approximate surface area is 220 Å². The van der Waals surface area contributed by atoms with Crippen molar-refractivity contribution in [2.45, 2.75) is 31.9 Å². The van der Waals surface area contributed by atoms with Crippen LogP contribution >= 0.6 is 0 Å². The van der Waals surface area contributed by atoms with Crippen molar-refractivity contribution in [2.75, 3.05) is 19.5 Å². The topological polar surface area (TPSA) is 87.5 Å². The zero-order valence-electron chi connectivity index (χ0n) is 21.3. The highest BCUT2D eigenvalue weighted by Gasteiger charge is 2.37. The first-order chi connectivity index (χ1) is 18.6. The van der Waals surface area contributed by atoms with Crippen LogP contribution in [-0.2, 0) is 11.4 Å². The summed E-state index contributed by atoms with van der Waals surface area (Å²) in [7, 11) is 3.22. The Hall–Kier alpha value is -4.59. The van der Waals surface area contributed by atoms with Gasteiger partial charge in [-0.1, -0.05) is 42.5 Å². The molecule has 1 unspecified atom stereocenters. The highest BCUT2D eigenvalue weighted by Crippen LogP contribution is 2.41. The van der Waals surface area contributed by atoms with Crippen LogP contribution in [0.4, 0.5) is 5.95 Å². The largest absolute Gasteiger partial charge is 0.497 e. The maximum Gasteiger partial charge on any atom is 0.226 e.